The van der Waals surface area contributed by atoms with Gasteiger partial charge in [0, 0.05) is 38.3 Å². The summed E-state index contributed by atoms with van der Waals surface area (Å²) in [5, 5.41) is 8.23. The van der Waals surface area contributed by atoms with Crippen LogP contribution in [0.15, 0.2) is 30.3 Å². The molecule has 1 aliphatic carbocycles. The van der Waals surface area contributed by atoms with Gasteiger partial charge >= 0.3 is 6.18 Å². The third kappa shape index (κ3) is 4.90. The second kappa shape index (κ2) is 9.23. The van der Waals surface area contributed by atoms with E-state index in [1.807, 2.05) is 20.0 Å². The van der Waals surface area contributed by atoms with Crippen LogP contribution in [0.25, 0.3) is 11.0 Å². The van der Waals surface area contributed by atoms with Crippen molar-refractivity contribution in [2.45, 2.75) is 37.9 Å². The Morgan fingerprint density at radius 3 is 2.51 bits per heavy atom. The second-order valence-electron chi connectivity index (χ2n) is 9.27. The maximum Gasteiger partial charge on any atom is 0.416 e. The van der Waals surface area contributed by atoms with E-state index in [1.54, 1.807) is 4.68 Å². The summed E-state index contributed by atoms with van der Waals surface area (Å²) in [5.74, 6) is 0.134. The molecule has 1 amide bonds. The fourth-order valence-corrected chi connectivity index (χ4v) is 4.76. The number of benzene rings is 1. The van der Waals surface area contributed by atoms with E-state index in [9.17, 15) is 18.0 Å². The van der Waals surface area contributed by atoms with E-state index in [1.165, 1.54) is 12.1 Å². The van der Waals surface area contributed by atoms with Crippen molar-refractivity contribution in [3.8, 4) is 0 Å². The molecule has 1 saturated carbocycles. The fraction of sp³-hybridized carbons (Fsp3) is 0.480. The van der Waals surface area contributed by atoms with Gasteiger partial charge in [0.2, 0.25) is 0 Å². The van der Waals surface area contributed by atoms with Crippen molar-refractivity contribution in [1.82, 2.24) is 25.0 Å². The standard InChI is InChI=1S/C25H28F3N5O2/c1-15-22-19(13-20(16-3-4-16)30-23(22)32(2)31-15)24(34)29-14-21(33-9-11-35-12-10-33)17-5-7-18(8-6-17)25(26,27)28/h5-8,13,16,21H,3-4,9-12,14H2,1-2H3,(H,29,34). The van der Waals surface area contributed by atoms with Crippen LogP contribution in [0.2, 0.25) is 0 Å². The highest BCUT2D eigenvalue weighted by atomic mass is 19.4. The molecule has 1 N–H and O–H groups in total. The number of morpholine rings is 1. The normalized spacial score (nSPS) is 18.1. The van der Waals surface area contributed by atoms with Gasteiger partial charge in [-0.1, -0.05) is 12.1 Å². The number of rotatable bonds is 6. The molecule has 2 fully saturated rings. The number of pyridine rings is 1. The number of carbonyl (C=O) groups is 1. The van der Waals surface area contributed by atoms with Crippen LogP contribution in [-0.2, 0) is 18.0 Å². The molecule has 1 saturated heterocycles. The van der Waals surface area contributed by atoms with Gasteiger partial charge in [-0.05, 0) is 43.5 Å². The van der Waals surface area contributed by atoms with Crippen LogP contribution in [0.3, 0.4) is 0 Å². The van der Waals surface area contributed by atoms with Crippen LogP contribution in [0, 0.1) is 6.92 Å². The maximum atomic E-state index is 13.5. The van der Waals surface area contributed by atoms with Crippen molar-refractivity contribution in [2.75, 3.05) is 32.8 Å². The lowest BCUT2D eigenvalue weighted by Gasteiger charge is -2.35. The van der Waals surface area contributed by atoms with Gasteiger partial charge in [-0.15, -0.1) is 0 Å². The van der Waals surface area contributed by atoms with E-state index in [4.69, 9.17) is 9.72 Å². The topological polar surface area (TPSA) is 72.3 Å². The van der Waals surface area contributed by atoms with Crippen molar-refractivity contribution in [3.05, 3.63) is 58.4 Å². The molecular formula is C25H28F3N5O2. The summed E-state index contributed by atoms with van der Waals surface area (Å²) < 4.78 is 46.4. The number of aryl methyl sites for hydroxylation is 2. The number of aromatic nitrogens is 3. The highest BCUT2D eigenvalue weighted by Gasteiger charge is 2.32. The van der Waals surface area contributed by atoms with Crippen molar-refractivity contribution in [2.24, 2.45) is 7.05 Å². The molecule has 1 aromatic carbocycles. The average Bonchev–Trinajstić information content (AvgIpc) is 3.65. The Morgan fingerprint density at radius 1 is 1.20 bits per heavy atom. The first-order valence-corrected chi connectivity index (χ1v) is 11.8. The third-order valence-electron chi connectivity index (χ3n) is 6.79. The minimum atomic E-state index is -4.39. The summed E-state index contributed by atoms with van der Waals surface area (Å²) >= 11 is 0. The Labute approximate surface area is 201 Å². The third-order valence-corrected chi connectivity index (χ3v) is 6.79. The SMILES string of the molecule is Cc1nn(C)c2nc(C3CC3)cc(C(=O)NCC(c3ccc(C(F)(F)F)cc3)N3CCOCC3)c12. The summed E-state index contributed by atoms with van der Waals surface area (Å²) in [6.45, 7) is 4.46. The molecule has 186 valence electrons. The number of hydrogen-bond acceptors (Lipinski definition) is 5. The van der Waals surface area contributed by atoms with Gasteiger partial charge in [0.1, 0.15) is 0 Å². The molecule has 5 rings (SSSR count). The number of ether oxygens (including phenoxy) is 1. The van der Waals surface area contributed by atoms with Gasteiger partial charge in [-0.2, -0.15) is 18.3 Å². The largest absolute Gasteiger partial charge is 0.416 e. The number of carbonyl (C=O) groups excluding carboxylic acids is 1. The first-order valence-electron chi connectivity index (χ1n) is 11.8. The molecule has 0 spiro atoms. The van der Waals surface area contributed by atoms with Crippen molar-refractivity contribution in [1.29, 1.82) is 0 Å². The Kier molecular flexibility index (Phi) is 6.27. The van der Waals surface area contributed by atoms with Crippen LogP contribution >= 0.6 is 0 Å². The maximum absolute atomic E-state index is 13.5. The van der Waals surface area contributed by atoms with E-state index < -0.39 is 11.7 Å². The first kappa shape index (κ1) is 23.7. The molecule has 0 radical (unpaired) electrons. The molecule has 1 atom stereocenters. The van der Waals surface area contributed by atoms with Gasteiger partial charge < -0.3 is 10.1 Å². The molecule has 3 heterocycles. The van der Waals surface area contributed by atoms with E-state index in [0.29, 0.717) is 43.4 Å². The summed E-state index contributed by atoms with van der Waals surface area (Å²) in [6, 6.07) is 6.77. The van der Waals surface area contributed by atoms with E-state index in [2.05, 4.69) is 15.3 Å². The highest BCUT2D eigenvalue weighted by Crippen LogP contribution is 2.40. The smallest absolute Gasteiger partial charge is 0.379 e. The van der Waals surface area contributed by atoms with Crippen LogP contribution in [0.4, 0.5) is 13.2 Å². The minimum Gasteiger partial charge on any atom is -0.379 e. The zero-order chi connectivity index (χ0) is 24.7. The van der Waals surface area contributed by atoms with Crippen LogP contribution in [-0.4, -0.2) is 58.4 Å². The van der Waals surface area contributed by atoms with Gasteiger partial charge in [-0.3, -0.25) is 14.4 Å². The quantitative estimate of drug-likeness (QED) is 0.570. The molecule has 10 heteroatoms. The lowest BCUT2D eigenvalue weighted by molar-refractivity contribution is -0.137. The predicted molar refractivity (Wildman–Crippen MR) is 124 cm³/mol. The van der Waals surface area contributed by atoms with Gasteiger partial charge in [0.15, 0.2) is 5.65 Å². The average molecular weight is 488 g/mol. The minimum absolute atomic E-state index is 0.236. The van der Waals surface area contributed by atoms with E-state index in [-0.39, 0.29) is 18.5 Å². The summed E-state index contributed by atoms with van der Waals surface area (Å²) in [4.78, 5) is 20.3. The lowest BCUT2D eigenvalue weighted by atomic mass is 10.0. The number of alkyl halides is 3. The molecule has 35 heavy (non-hydrogen) atoms. The van der Waals surface area contributed by atoms with Crippen molar-refractivity contribution in [3.63, 3.8) is 0 Å². The van der Waals surface area contributed by atoms with Crippen LogP contribution in [0.1, 0.15) is 57.7 Å². The van der Waals surface area contributed by atoms with Crippen molar-refractivity contribution < 1.29 is 22.7 Å². The number of halogens is 3. The second-order valence-corrected chi connectivity index (χ2v) is 9.27. The van der Waals surface area contributed by atoms with E-state index >= 15 is 0 Å². The zero-order valence-electron chi connectivity index (χ0n) is 19.7. The van der Waals surface area contributed by atoms with E-state index in [0.717, 1.165) is 47.3 Å². The Hall–Kier alpha value is -2.98. The molecular weight excluding hydrogens is 459 g/mol. The molecule has 2 aliphatic rings. The summed E-state index contributed by atoms with van der Waals surface area (Å²) in [5.41, 5.74) is 2.88. The number of nitrogens with one attached hydrogen (secondary N) is 1. The van der Waals surface area contributed by atoms with Gasteiger partial charge in [0.05, 0.1) is 41.5 Å². The summed E-state index contributed by atoms with van der Waals surface area (Å²) in [6.07, 6.45) is -2.28. The lowest BCUT2D eigenvalue weighted by Crippen LogP contribution is -2.43. The zero-order valence-corrected chi connectivity index (χ0v) is 19.7. The molecule has 3 aromatic rings. The molecule has 1 unspecified atom stereocenters. The first-order chi connectivity index (χ1) is 16.7. The van der Waals surface area contributed by atoms with Gasteiger partial charge in [-0.25, -0.2) is 4.98 Å². The molecule has 7 nitrogen and oxygen atoms in total. The number of nitrogens with zero attached hydrogens (tertiary/aromatic N) is 4. The molecule has 0 bridgehead atoms. The number of fused-ring (bicyclic) bond motifs is 1. The van der Waals surface area contributed by atoms with Crippen molar-refractivity contribution >= 4 is 16.9 Å². The Balaban J connectivity index is 1.42. The van der Waals surface area contributed by atoms with Gasteiger partial charge in [0.25, 0.3) is 5.91 Å². The molecule has 2 aromatic heterocycles. The van der Waals surface area contributed by atoms with Crippen LogP contribution in [0.5, 0.6) is 0 Å². The van der Waals surface area contributed by atoms with Crippen LogP contribution < -0.4 is 5.32 Å². The summed E-state index contributed by atoms with van der Waals surface area (Å²) in [7, 11) is 1.82. The molecule has 1 aliphatic heterocycles. The number of amides is 1. The Morgan fingerprint density at radius 2 is 1.89 bits per heavy atom. The highest BCUT2D eigenvalue weighted by molar-refractivity contribution is 6.06. The Bertz CT molecular complexity index is 1230. The number of hydrogen-bond donors (Lipinski definition) is 1. The predicted octanol–water partition coefficient (Wildman–Crippen LogP) is 3.98. The monoisotopic (exact) mass is 487 g/mol. The fourth-order valence-electron chi connectivity index (χ4n) is 4.76.